The van der Waals surface area contributed by atoms with E-state index >= 15 is 0 Å². The number of benzene rings is 1. The first-order valence-corrected chi connectivity index (χ1v) is 5.52. The summed E-state index contributed by atoms with van der Waals surface area (Å²) in [7, 11) is 0. The molecule has 0 amide bonds. The van der Waals surface area contributed by atoms with Gasteiger partial charge in [0.25, 0.3) is 0 Å². The molecule has 88 valence electrons. The molecule has 1 N–H and O–H groups in total. The number of nitrogens with one attached hydrogen (secondary N) is 1. The Hall–Kier alpha value is -1.97. The summed E-state index contributed by atoms with van der Waals surface area (Å²) >= 11 is 0. The van der Waals surface area contributed by atoms with Crippen LogP contribution in [0.4, 0.5) is 10.2 Å². The third-order valence-corrected chi connectivity index (χ3v) is 2.51. The molecular weight excluding hydrogens is 217 g/mol. The summed E-state index contributed by atoms with van der Waals surface area (Å²) in [6.45, 7) is 2.27. The van der Waals surface area contributed by atoms with Gasteiger partial charge in [-0.15, -0.1) is 0 Å². The van der Waals surface area contributed by atoms with Crippen molar-refractivity contribution in [2.24, 2.45) is 0 Å². The van der Waals surface area contributed by atoms with Crippen molar-refractivity contribution < 1.29 is 4.39 Å². The first-order chi connectivity index (χ1) is 8.27. The molecule has 0 radical (unpaired) electrons. The molecule has 17 heavy (non-hydrogen) atoms. The van der Waals surface area contributed by atoms with E-state index in [0.717, 1.165) is 6.42 Å². The van der Waals surface area contributed by atoms with E-state index in [4.69, 9.17) is 0 Å². The first-order valence-electron chi connectivity index (χ1n) is 5.52. The summed E-state index contributed by atoms with van der Waals surface area (Å²) in [5.74, 6) is -0.103. The Labute approximate surface area is 99.7 Å². The third kappa shape index (κ3) is 3.00. The van der Waals surface area contributed by atoms with E-state index in [0.29, 0.717) is 12.2 Å². The molecule has 3 nitrogen and oxygen atoms in total. The van der Waals surface area contributed by atoms with E-state index in [1.54, 1.807) is 6.92 Å². The Morgan fingerprint density at radius 3 is 2.71 bits per heavy atom. The molecule has 0 aliphatic rings. The predicted octanol–water partition coefficient (Wildman–Crippen LogP) is 2.58. The minimum absolute atomic E-state index is 0.272. The van der Waals surface area contributed by atoms with Gasteiger partial charge < -0.3 is 5.32 Å². The lowest BCUT2D eigenvalue weighted by Gasteiger charge is -2.07. The van der Waals surface area contributed by atoms with Crippen LogP contribution in [0.15, 0.2) is 36.7 Å². The summed E-state index contributed by atoms with van der Waals surface area (Å²) in [4.78, 5) is 7.65. The molecule has 0 atom stereocenters. The van der Waals surface area contributed by atoms with Crippen molar-refractivity contribution in [2.75, 3.05) is 11.9 Å². The highest BCUT2D eigenvalue weighted by atomic mass is 19.1. The fourth-order valence-corrected chi connectivity index (χ4v) is 1.55. The second kappa shape index (κ2) is 5.39. The highest BCUT2D eigenvalue weighted by molar-refractivity contribution is 5.37. The molecule has 0 aliphatic carbocycles. The quantitative estimate of drug-likeness (QED) is 0.878. The standard InChI is InChI=1S/C13H14FN3/c1-10-12(14)13(17-9-16-10)15-8-7-11-5-3-2-4-6-11/h2-6,9H,7-8H2,1H3,(H,15,16,17). The molecular formula is C13H14FN3. The largest absolute Gasteiger partial charge is 0.367 e. The Kier molecular flexibility index (Phi) is 3.65. The van der Waals surface area contributed by atoms with Crippen LogP contribution in [0, 0.1) is 12.7 Å². The van der Waals surface area contributed by atoms with E-state index in [1.807, 2.05) is 30.3 Å². The van der Waals surface area contributed by atoms with Gasteiger partial charge in [-0.3, -0.25) is 0 Å². The number of aryl methyl sites for hydroxylation is 1. The topological polar surface area (TPSA) is 37.8 Å². The van der Waals surface area contributed by atoms with Crippen LogP contribution in [-0.2, 0) is 6.42 Å². The van der Waals surface area contributed by atoms with Crippen LogP contribution < -0.4 is 5.32 Å². The monoisotopic (exact) mass is 231 g/mol. The third-order valence-electron chi connectivity index (χ3n) is 2.51. The van der Waals surface area contributed by atoms with Crippen molar-refractivity contribution in [1.82, 2.24) is 9.97 Å². The fraction of sp³-hybridized carbons (Fsp3) is 0.231. The lowest BCUT2D eigenvalue weighted by molar-refractivity contribution is 0.604. The molecule has 1 aromatic carbocycles. The lowest BCUT2D eigenvalue weighted by Crippen LogP contribution is -2.09. The molecule has 0 aliphatic heterocycles. The molecule has 0 fully saturated rings. The van der Waals surface area contributed by atoms with E-state index in [1.165, 1.54) is 11.9 Å². The average Bonchev–Trinajstić information content (AvgIpc) is 2.36. The zero-order chi connectivity index (χ0) is 12.1. The second-order valence-electron chi connectivity index (χ2n) is 3.78. The van der Waals surface area contributed by atoms with E-state index in [-0.39, 0.29) is 11.6 Å². The number of aromatic nitrogens is 2. The molecule has 2 aromatic rings. The summed E-state index contributed by atoms with van der Waals surface area (Å²) in [5, 5.41) is 2.98. The number of nitrogens with zero attached hydrogens (tertiary/aromatic N) is 2. The maximum atomic E-state index is 13.5. The highest BCUT2D eigenvalue weighted by Gasteiger charge is 2.06. The Morgan fingerprint density at radius 1 is 1.18 bits per heavy atom. The molecule has 2 rings (SSSR count). The van der Waals surface area contributed by atoms with Gasteiger partial charge in [-0.25, -0.2) is 14.4 Å². The molecule has 1 heterocycles. The van der Waals surface area contributed by atoms with Crippen LogP contribution in [0.2, 0.25) is 0 Å². The van der Waals surface area contributed by atoms with E-state index < -0.39 is 0 Å². The van der Waals surface area contributed by atoms with Crippen LogP contribution >= 0.6 is 0 Å². The van der Waals surface area contributed by atoms with Gasteiger partial charge in [0.05, 0.1) is 5.69 Å². The predicted molar refractivity (Wildman–Crippen MR) is 65.4 cm³/mol. The molecule has 0 bridgehead atoms. The van der Waals surface area contributed by atoms with Gasteiger partial charge in [0, 0.05) is 6.54 Å². The number of hydrogen-bond donors (Lipinski definition) is 1. The smallest absolute Gasteiger partial charge is 0.186 e. The maximum Gasteiger partial charge on any atom is 0.186 e. The van der Waals surface area contributed by atoms with Crippen molar-refractivity contribution >= 4 is 5.82 Å². The van der Waals surface area contributed by atoms with Crippen LogP contribution in [-0.4, -0.2) is 16.5 Å². The van der Waals surface area contributed by atoms with Gasteiger partial charge >= 0.3 is 0 Å². The average molecular weight is 231 g/mol. The van der Waals surface area contributed by atoms with Gasteiger partial charge in [-0.2, -0.15) is 0 Å². The minimum atomic E-state index is -0.374. The lowest BCUT2D eigenvalue weighted by atomic mass is 10.1. The van der Waals surface area contributed by atoms with Crippen molar-refractivity contribution in [3.8, 4) is 0 Å². The molecule has 0 saturated heterocycles. The normalized spacial score (nSPS) is 10.2. The van der Waals surface area contributed by atoms with E-state index in [2.05, 4.69) is 15.3 Å². The molecule has 0 spiro atoms. The number of halogens is 1. The van der Waals surface area contributed by atoms with Crippen LogP contribution in [0.5, 0.6) is 0 Å². The molecule has 0 saturated carbocycles. The van der Waals surface area contributed by atoms with Crippen LogP contribution in [0.3, 0.4) is 0 Å². The number of hydrogen-bond acceptors (Lipinski definition) is 3. The second-order valence-corrected chi connectivity index (χ2v) is 3.78. The van der Waals surface area contributed by atoms with Gasteiger partial charge in [-0.05, 0) is 18.9 Å². The van der Waals surface area contributed by atoms with Gasteiger partial charge in [0.1, 0.15) is 6.33 Å². The molecule has 4 heteroatoms. The van der Waals surface area contributed by atoms with Crippen molar-refractivity contribution in [3.63, 3.8) is 0 Å². The Morgan fingerprint density at radius 2 is 1.94 bits per heavy atom. The van der Waals surface area contributed by atoms with Crippen molar-refractivity contribution in [3.05, 3.63) is 53.7 Å². The van der Waals surface area contributed by atoms with Crippen molar-refractivity contribution in [2.45, 2.75) is 13.3 Å². The zero-order valence-corrected chi connectivity index (χ0v) is 9.65. The Bertz CT molecular complexity index is 485. The summed E-state index contributed by atoms with van der Waals surface area (Å²) in [5.41, 5.74) is 1.58. The highest BCUT2D eigenvalue weighted by Crippen LogP contribution is 2.11. The molecule has 0 unspecified atom stereocenters. The summed E-state index contributed by atoms with van der Waals surface area (Å²) in [6.07, 6.45) is 2.20. The van der Waals surface area contributed by atoms with Gasteiger partial charge in [0.15, 0.2) is 11.6 Å². The van der Waals surface area contributed by atoms with Crippen LogP contribution in [0.25, 0.3) is 0 Å². The zero-order valence-electron chi connectivity index (χ0n) is 9.65. The minimum Gasteiger partial charge on any atom is -0.367 e. The van der Waals surface area contributed by atoms with E-state index in [9.17, 15) is 4.39 Å². The summed E-state index contributed by atoms with van der Waals surface area (Å²) in [6, 6.07) is 10.0. The molecule has 1 aromatic heterocycles. The number of anilines is 1. The number of rotatable bonds is 4. The first kappa shape index (κ1) is 11.5. The Balaban J connectivity index is 1.93. The maximum absolute atomic E-state index is 13.5. The summed E-state index contributed by atoms with van der Waals surface area (Å²) < 4.78 is 13.5. The van der Waals surface area contributed by atoms with Crippen LogP contribution in [0.1, 0.15) is 11.3 Å². The van der Waals surface area contributed by atoms with Crippen molar-refractivity contribution in [1.29, 1.82) is 0 Å². The van der Waals surface area contributed by atoms with Gasteiger partial charge in [0.2, 0.25) is 0 Å². The SMILES string of the molecule is Cc1ncnc(NCCc2ccccc2)c1F. The van der Waals surface area contributed by atoms with Gasteiger partial charge in [-0.1, -0.05) is 30.3 Å². The fourth-order valence-electron chi connectivity index (χ4n) is 1.55.